The van der Waals surface area contributed by atoms with Gasteiger partial charge in [-0.25, -0.2) is 9.18 Å². The van der Waals surface area contributed by atoms with E-state index < -0.39 is 18.5 Å². The second kappa shape index (κ2) is 10.1. The Bertz CT molecular complexity index is 937. The molecule has 0 aliphatic rings. The Kier molecular flexibility index (Phi) is 7.00. The summed E-state index contributed by atoms with van der Waals surface area (Å²) >= 11 is 0. The van der Waals surface area contributed by atoms with Crippen molar-refractivity contribution in [2.75, 3.05) is 13.2 Å². The number of hydrogen-bond acceptors (Lipinski definition) is 5. The Balaban J connectivity index is 1.41. The van der Waals surface area contributed by atoms with E-state index in [1.807, 2.05) is 18.2 Å². The van der Waals surface area contributed by atoms with Crippen molar-refractivity contribution in [1.82, 2.24) is 5.32 Å². The highest BCUT2D eigenvalue weighted by Gasteiger charge is 2.18. The van der Waals surface area contributed by atoms with Gasteiger partial charge in [-0.15, -0.1) is 0 Å². The van der Waals surface area contributed by atoms with E-state index in [1.165, 1.54) is 18.4 Å². The van der Waals surface area contributed by atoms with Crippen molar-refractivity contribution in [1.29, 1.82) is 0 Å². The van der Waals surface area contributed by atoms with Crippen LogP contribution in [-0.4, -0.2) is 25.0 Å². The van der Waals surface area contributed by atoms with Gasteiger partial charge in [0, 0.05) is 12.1 Å². The molecular formula is C22H20FNO5. The number of furan rings is 1. The molecule has 0 fully saturated rings. The van der Waals surface area contributed by atoms with E-state index in [2.05, 4.69) is 5.32 Å². The number of benzene rings is 2. The highest BCUT2D eigenvalue weighted by atomic mass is 19.1. The van der Waals surface area contributed by atoms with Crippen molar-refractivity contribution >= 4 is 11.9 Å². The summed E-state index contributed by atoms with van der Waals surface area (Å²) in [7, 11) is 0. The number of halogens is 1. The molecule has 1 aromatic heterocycles. The molecule has 3 rings (SSSR count). The van der Waals surface area contributed by atoms with E-state index in [0.717, 1.165) is 5.56 Å². The Morgan fingerprint density at radius 3 is 2.52 bits per heavy atom. The monoisotopic (exact) mass is 397 g/mol. The lowest BCUT2D eigenvalue weighted by Gasteiger charge is -2.08. The summed E-state index contributed by atoms with van der Waals surface area (Å²) in [6.45, 7) is 0.0513. The van der Waals surface area contributed by atoms with Gasteiger partial charge in [-0.1, -0.05) is 30.3 Å². The molecule has 1 heterocycles. The van der Waals surface area contributed by atoms with E-state index in [0.29, 0.717) is 24.3 Å². The van der Waals surface area contributed by atoms with E-state index >= 15 is 0 Å². The number of carbonyl (C=O) groups excluding carboxylic acids is 2. The molecule has 7 heteroatoms. The Morgan fingerprint density at radius 1 is 1.00 bits per heavy atom. The van der Waals surface area contributed by atoms with E-state index in [1.54, 1.807) is 30.3 Å². The van der Waals surface area contributed by atoms with Crippen LogP contribution in [0.25, 0.3) is 0 Å². The first kappa shape index (κ1) is 20.1. The second-order valence-corrected chi connectivity index (χ2v) is 6.18. The van der Waals surface area contributed by atoms with Crippen LogP contribution in [0.1, 0.15) is 21.7 Å². The van der Waals surface area contributed by atoms with Gasteiger partial charge in [0.05, 0.1) is 6.26 Å². The molecule has 6 nitrogen and oxygen atoms in total. The maximum Gasteiger partial charge on any atom is 0.375 e. The van der Waals surface area contributed by atoms with Gasteiger partial charge in [-0.2, -0.15) is 0 Å². The molecule has 2 aromatic carbocycles. The van der Waals surface area contributed by atoms with Crippen molar-refractivity contribution in [2.24, 2.45) is 0 Å². The first-order valence-electron chi connectivity index (χ1n) is 9.04. The van der Waals surface area contributed by atoms with Crippen LogP contribution in [0.4, 0.5) is 4.39 Å². The fourth-order valence-electron chi connectivity index (χ4n) is 2.55. The zero-order valence-electron chi connectivity index (χ0n) is 15.6. The predicted molar refractivity (Wildman–Crippen MR) is 103 cm³/mol. The SMILES string of the molecule is O=C(COC(=O)c1occc1COc1ccccc1)NCCc1ccc(F)cc1. The van der Waals surface area contributed by atoms with Gasteiger partial charge in [0.15, 0.2) is 6.61 Å². The molecule has 0 atom stereocenters. The lowest BCUT2D eigenvalue weighted by Crippen LogP contribution is -2.30. The third-order valence-electron chi connectivity index (χ3n) is 4.05. The lowest BCUT2D eigenvalue weighted by atomic mass is 10.1. The first-order chi connectivity index (χ1) is 14.1. The summed E-state index contributed by atoms with van der Waals surface area (Å²) in [5.41, 5.74) is 1.41. The summed E-state index contributed by atoms with van der Waals surface area (Å²) in [5.74, 6) is -0.825. The Hall–Kier alpha value is -3.61. The number of amides is 1. The van der Waals surface area contributed by atoms with Crippen LogP contribution >= 0.6 is 0 Å². The maximum atomic E-state index is 12.9. The minimum atomic E-state index is -0.740. The summed E-state index contributed by atoms with van der Waals surface area (Å²) in [6, 6.07) is 16.8. The molecule has 150 valence electrons. The Labute approximate surface area is 167 Å². The van der Waals surface area contributed by atoms with Crippen LogP contribution in [0.15, 0.2) is 71.3 Å². The molecule has 0 bridgehead atoms. The van der Waals surface area contributed by atoms with Crippen LogP contribution in [0.5, 0.6) is 5.75 Å². The molecule has 0 radical (unpaired) electrons. The zero-order chi connectivity index (χ0) is 20.5. The fourth-order valence-corrected chi connectivity index (χ4v) is 2.55. The number of hydrogen-bond donors (Lipinski definition) is 1. The number of carbonyl (C=O) groups is 2. The van der Waals surface area contributed by atoms with Gasteiger partial charge in [-0.05, 0) is 42.3 Å². The number of ether oxygens (including phenoxy) is 2. The van der Waals surface area contributed by atoms with Gasteiger partial charge in [0.1, 0.15) is 18.2 Å². The smallest absolute Gasteiger partial charge is 0.375 e. The molecule has 0 unspecified atom stereocenters. The van der Waals surface area contributed by atoms with Gasteiger partial charge in [-0.3, -0.25) is 4.79 Å². The van der Waals surface area contributed by atoms with Crippen molar-refractivity contribution in [2.45, 2.75) is 13.0 Å². The molecule has 0 aliphatic carbocycles. The summed E-state index contributed by atoms with van der Waals surface area (Å²) < 4.78 is 28.6. The largest absolute Gasteiger partial charge is 0.489 e. The van der Waals surface area contributed by atoms with Crippen molar-refractivity contribution < 1.29 is 27.9 Å². The highest BCUT2D eigenvalue weighted by Crippen LogP contribution is 2.16. The second-order valence-electron chi connectivity index (χ2n) is 6.18. The minimum Gasteiger partial charge on any atom is -0.489 e. The average Bonchev–Trinajstić information content (AvgIpc) is 3.21. The molecule has 0 saturated carbocycles. The van der Waals surface area contributed by atoms with Crippen molar-refractivity contribution in [3.8, 4) is 5.75 Å². The molecular weight excluding hydrogens is 377 g/mol. The van der Waals surface area contributed by atoms with E-state index in [-0.39, 0.29) is 18.2 Å². The molecule has 0 spiro atoms. The molecule has 1 N–H and O–H groups in total. The topological polar surface area (TPSA) is 77.8 Å². The Morgan fingerprint density at radius 2 is 1.76 bits per heavy atom. The fraction of sp³-hybridized carbons (Fsp3) is 0.182. The van der Waals surface area contributed by atoms with Gasteiger partial charge < -0.3 is 19.2 Å². The van der Waals surface area contributed by atoms with Crippen molar-refractivity contribution in [3.63, 3.8) is 0 Å². The predicted octanol–water partition coefficient (Wildman–Crippen LogP) is 3.51. The zero-order valence-corrected chi connectivity index (χ0v) is 15.6. The van der Waals surface area contributed by atoms with E-state index in [4.69, 9.17) is 13.9 Å². The maximum absolute atomic E-state index is 12.9. The molecule has 0 aliphatic heterocycles. The van der Waals surface area contributed by atoms with Gasteiger partial charge in [0.2, 0.25) is 5.76 Å². The molecule has 0 saturated heterocycles. The summed E-state index contributed by atoms with van der Waals surface area (Å²) in [4.78, 5) is 24.0. The van der Waals surface area contributed by atoms with Crippen LogP contribution < -0.4 is 10.1 Å². The number of esters is 1. The summed E-state index contributed by atoms with van der Waals surface area (Å²) in [5, 5.41) is 2.64. The van der Waals surface area contributed by atoms with Gasteiger partial charge in [0.25, 0.3) is 5.91 Å². The van der Waals surface area contributed by atoms with Crippen LogP contribution in [0.3, 0.4) is 0 Å². The number of nitrogens with one attached hydrogen (secondary N) is 1. The van der Waals surface area contributed by atoms with Gasteiger partial charge >= 0.3 is 5.97 Å². The molecule has 1 amide bonds. The van der Waals surface area contributed by atoms with Crippen LogP contribution in [-0.2, 0) is 22.6 Å². The molecule has 29 heavy (non-hydrogen) atoms. The first-order valence-corrected chi connectivity index (χ1v) is 9.04. The highest BCUT2D eigenvalue weighted by molar-refractivity contribution is 5.90. The normalized spacial score (nSPS) is 10.4. The lowest BCUT2D eigenvalue weighted by molar-refractivity contribution is -0.124. The van der Waals surface area contributed by atoms with E-state index in [9.17, 15) is 14.0 Å². The third-order valence-corrected chi connectivity index (χ3v) is 4.05. The standard InChI is InChI=1S/C22H20FNO5/c23-18-8-6-16(7-9-18)10-12-24-20(25)15-29-22(26)21-17(11-13-27-21)14-28-19-4-2-1-3-5-19/h1-9,11,13H,10,12,14-15H2,(H,24,25). The minimum absolute atomic E-state index is 0.0000401. The molecule has 3 aromatic rings. The number of rotatable bonds is 9. The van der Waals surface area contributed by atoms with Crippen LogP contribution in [0, 0.1) is 5.82 Å². The average molecular weight is 397 g/mol. The van der Waals surface area contributed by atoms with Crippen molar-refractivity contribution in [3.05, 3.63) is 89.6 Å². The van der Waals surface area contributed by atoms with Crippen LogP contribution in [0.2, 0.25) is 0 Å². The summed E-state index contributed by atoms with van der Waals surface area (Å²) in [6.07, 6.45) is 1.90. The third kappa shape index (κ3) is 6.21. The quantitative estimate of drug-likeness (QED) is 0.559. The number of para-hydroxylation sites is 1.